The van der Waals surface area contributed by atoms with Gasteiger partial charge in [0.05, 0.1) is 5.02 Å². The zero-order valence-corrected chi connectivity index (χ0v) is 13.2. The normalized spacial score (nSPS) is 17.6. The third kappa shape index (κ3) is 6.22. The molecule has 21 heavy (non-hydrogen) atoms. The second-order valence-corrected chi connectivity index (χ2v) is 5.91. The van der Waals surface area contributed by atoms with Crippen molar-refractivity contribution >= 4 is 11.6 Å². The van der Waals surface area contributed by atoms with E-state index in [2.05, 4.69) is 10.2 Å². The number of likely N-dealkylation sites (tertiary alicyclic amines) is 1. The van der Waals surface area contributed by atoms with Gasteiger partial charge in [0.15, 0.2) is 0 Å². The van der Waals surface area contributed by atoms with Gasteiger partial charge in [-0.3, -0.25) is 0 Å². The molecule has 5 heteroatoms. The molecule has 1 fully saturated rings. The maximum absolute atomic E-state index is 9.89. The van der Waals surface area contributed by atoms with Crippen LogP contribution in [0.2, 0.25) is 5.02 Å². The number of benzene rings is 1. The molecular formula is C16H25ClN2O2. The number of nitrogens with zero attached hydrogens (tertiary/aromatic N) is 1. The summed E-state index contributed by atoms with van der Waals surface area (Å²) in [5.74, 6) is 0.617. The molecule has 0 bridgehead atoms. The van der Waals surface area contributed by atoms with E-state index in [4.69, 9.17) is 16.3 Å². The molecule has 1 aromatic carbocycles. The largest absolute Gasteiger partial charge is 0.489 e. The maximum Gasteiger partial charge on any atom is 0.138 e. The monoisotopic (exact) mass is 312 g/mol. The van der Waals surface area contributed by atoms with Crippen LogP contribution in [0.1, 0.15) is 19.3 Å². The number of aliphatic hydroxyl groups is 1. The van der Waals surface area contributed by atoms with Gasteiger partial charge in [-0.05, 0) is 38.1 Å². The van der Waals surface area contributed by atoms with Crippen molar-refractivity contribution in [2.45, 2.75) is 25.4 Å². The highest BCUT2D eigenvalue weighted by molar-refractivity contribution is 6.32. The van der Waals surface area contributed by atoms with Crippen molar-refractivity contribution in [3.05, 3.63) is 29.3 Å². The summed E-state index contributed by atoms with van der Waals surface area (Å²) in [5, 5.41) is 13.7. The molecule has 1 saturated heterocycles. The summed E-state index contributed by atoms with van der Waals surface area (Å²) >= 11 is 5.99. The number of para-hydroxylation sites is 1. The van der Waals surface area contributed by atoms with Gasteiger partial charge < -0.3 is 20.1 Å². The van der Waals surface area contributed by atoms with E-state index >= 15 is 0 Å². The summed E-state index contributed by atoms with van der Waals surface area (Å²) in [5.41, 5.74) is 0. The molecule has 0 saturated carbocycles. The summed E-state index contributed by atoms with van der Waals surface area (Å²) in [7, 11) is 0. The van der Waals surface area contributed by atoms with Gasteiger partial charge in [-0.25, -0.2) is 0 Å². The van der Waals surface area contributed by atoms with Crippen molar-refractivity contribution in [3.8, 4) is 5.75 Å². The van der Waals surface area contributed by atoms with E-state index in [0.717, 1.165) is 13.1 Å². The Morgan fingerprint density at radius 3 is 2.76 bits per heavy atom. The maximum atomic E-state index is 9.89. The third-order valence-corrected chi connectivity index (χ3v) is 4.01. The number of piperidine rings is 1. The van der Waals surface area contributed by atoms with E-state index in [9.17, 15) is 5.11 Å². The molecule has 4 nitrogen and oxygen atoms in total. The van der Waals surface area contributed by atoms with E-state index in [0.29, 0.717) is 17.3 Å². The van der Waals surface area contributed by atoms with Crippen molar-refractivity contribution in [1.82, 2.24) is 10.2 Å². The van der Waals surface area contributed by atoms with E-state index in [-0.39, 0.29) is 6.61 Å². The Morgan fingerprint density at radius 1 is 1.24 bits per heavy atom. The van der Waals surface area contributed by atoms with Crippen molar-refractivity contribution in [1.29, 1.82) is 0 Å². The molecule has 0 spiro atoms. The van der Waals surface area contributed by atoms with Crippen molar-refractivity contribution in [3.63, 3.8) is 0 Å². The first kappa shape index (κ1) is 16.6. The van der Waals surface area contributed by atoms with Crippen LogP contribution in [0.4, 0.5) is 0 Å². The van der Waals surface area contributed by atoms with Crippen LogP contribution < -0.4 is 10.1 Å². The summed E-state index contributed by atoms with van der Waals surface area (Å²) in [6, 6.07) is 7.30. The molecule has 1 aliphatic rings. The lowest BCUT2D eigenvalue weighted by molar-refractivity contribution is 0.105. The fraction of sp³-hybridized carbons (Fsp3) is 0.625. The summed E-state index contributed by atoms with van der Waals surface area (Å²) < 4.78 is 5.51. The van der Waals surface area contributed by atoms with E-state index < -0.39 is 6.10 Å². The zero-order valence-electron chi connectivity index (χ0n) is 12.4. The molecule has 1 unspecified atom stereocenters. The second kappa shape index (κ2) is 9.26. The fourth-order valence-electron chi connectivity index (χ4n) is 2.50. The van der Waals surface area contributed by atoms with Crippen LogP contribution in [0, 0.1) is 0 Å². The lowest BCUT2D eigenvalue weighted by atomic mass is 10.1. The van der Waals surface area contributed by atoms with Gasteiger partial charge in [-0.15, -0.1) is 0 Å². The van der Waals surface area contributed by atoms with Crippen LogP contribution in [-0.4, -0.2) is 55.4 Å². The second-order valence-electron chi connectivity index (χ2n) is 5.50. The van der Waals surface area contributed by atoms with Crippen LogP contribution in [0.5, 0.6) is 5.75 Å². The molecule has 118 valence electrons. The summed E-state index contributed by atoms with van der Waals surface area (Å²) in [4.78, 5) is 2.48. The van der Waals surface area contributed by atoms with E-state index in [1.54, 1.807) is 12.1 Å². The van der Waals surface area contributed by atoms with Gasteiger partial charge >= 0.3 is 0 Å². The highest BCUT2D eigenvalue weighted by Gasteiger charge is 2.10. The van der Waals surface area contributed by atoms with Gasteiger partial charge in [0.25, 0.3) is 0 Å². The average molecular weight is 313 g/mol. The predicted molar refractivity (Wildman–Crippen MR) is 86.1 cm³/mol. The molecule has 0 aliphatic carbocycles. The van der Waals surface area contributed by atoms with Gasteiger partial charge in [-0.1, -0.05) is 30.2 Å². The van der Waals surface area contributed by atoms with Gasteiger partial charge in [0.1, 0.15) is 18.5 Å². The molecule has 2 rings (SSSR count). The van der Waals surface area contributed by atoms with Crippen LogP contribution >= 0.6 is 11.6 Å². The average Bonchev–Trinajstić information content (AvgIpc) is 2.52. The first-order valence-electron chi connectivity index (χ1n) is 7.74. The van der Waals surface area contributed by atoms with E-state index in [1.165, 1.54) is 32.4 Å². The number of hydrogen-bond donors (Lipinski definition) is 2. The van der Waals surface area contributed by atoms with Crippen LogP contribution in [0.3, 0.4) is 0 Å². The minimum absolute atomic E-state index is 0.250. The lowest BCUT2D eigenvalue weighted by Gasteiger charge is -2.26. The topological polar surface area (TPSA) is 44.7 Å². The molecule has 0 amide bonds. The minimum Gasteiger partial charge on any atom is -0.489 e. The Labute approximate surface area is 132 Å². The van der Waals surface area contributed by atoms with Gasteiger partial charge in [0, 0.05) is 19.6 Å². The molecule has 1 heterocycles. The Kier molecular flexibility index (Phi) is 7.30. The highest BCUT2D eigenvalue weighted by Crippen LogP contribution is 2.22. The Balaban J connectivity index is 1.55. The highest BCUT2D eigenvalue weighted by atomic mass is 35.5. The molecule has 2 N–H and O–H groups in total. The first-order valence-corrected chi connectivity index (χ1v) is 8.12. The Bertz CT molecular complexity index is 411. The quantitative estimate of drug-likeness (QED) is 0.722. The minimum atomic E-state index is -0.525. The van der Waals surface area contributed by atoms with Crippen LogP contribution in [0.25, 0.3) is 0 Å². The number of ether oxygens (including phenoxy) is 1. The Morgan fingerprint density at radius 2 is 2.00 bits per heavy atom. The molecule has 0 radical (unpaired) electrons. The summed E-state index contributed by atoms with van der Waals surface area (Å²) in [6.07, 6.45) is 3.47. The van der Waals surface area contributed by atoms with Crippen LogP contribution in [0.15, 0.2) is 24.3 Å². The number of aliphatic hydroxyl groups excluding tert-OH is 1. The standard InChI is InChI=1S/C16H25ClN2O2/c17-15-6-2-3-7-16(15)21-13-14(20)12-18-8-11-19-9-4-1-5-10-19/h2-3,6-7,14,18,20H,1,4-5,8-13H2. The molecule has 1 atom stereocenters. The molecule has 0 aromatic heterocycles. The number of hydrogen-bond acceptors (Lipinski definition) is 4. The van der Waals surface area contributed by atoms with Gasteiger partial charge in [0.2, 0.25) is 0 Å². The van der Waals surface area contributed by atoms with Gasteiger partial charge in [-0.2, -0.15) is 0 Å². The molecule has 1 aliphatic heterocycles. The lowest BCUT2D eigenvalue weighted by Crippen LogP contribution is -2.39. The van der Waals surface area contributed by atoms with Crippen LogP contribution in [-0.2, 0) is 0 Å². The zero-order chi connectivity index (χ0) is 14.9. The smallest absolute Gasteiger partial charge is 0.138 e. The number of rotatable bonds is 8. The fourth-order valence-corrected chi connectivity index (χ4v) is 2.69. The third-order valence-electron chi connectivity index (χ3n) is 3.70. The van der Waals surface area contributed by atoms with Crippen molar-refractivity contribution in [2.75, 3.05) is 39.3 Å². The first-order chi connectivity index (χ1) is 10.3. The SMILES string of the molecule is OC(CNCCN1CCCCC1)COc1ccccc1Cl. The molecular weight excluding hydrogens is 288 g/mol. The molecule has 1 aromatic rings. The number of nitrogens with one attached hydrogen (secondary N) is 1. The van der Waals surface area contributed by atoms with E-state index in [1.807, 2.05) is 12.1 Å². The Hall–Kier alpha value is -0.810. The van der Waals surface area contributed by atoms with Crippen molar-refractivity contribution in [2.24, 2.45) is 0 Å². The predicted octanol–water partition coefficient (Wildman–Crippen LogP) is 2.16. The summed E-state index contributed by atoms with van der Waals surface area (Å²) in [6.45, 7) is 5.17. The number of halogens is 1. The van der Waals surface area contributed by atoms with Crippen molar-refractivity contribution < 1.29 is 9.84 Å².